The number of nitrogens with one attached hydrogen (secondary N) is 1. The number of rotatable bonds is 2. The number of piperidine rings is 1. The Balaban J connectivity index is 2.18. The highest BCUT2D eigenvalue weighted by molar-refractivity contribution is 5.27. The second-order valence-corrected chi connectivity index (χ2v) is 4.64. The fraction of sp³-hybridized carbons (Fsp3) is 0.538. The van der Waals surface area contributed by atoms with Crippen molar-refractivity contribution in [2.45, 2.75) is 25.1 Å². The average Bonchev–Trinajstić information content (AvgIpc) is 2.38. The van der Waals surface area contributed by atoms with Crippen molar-refractivity contribution in [2.24, 2.45) is 5.92 Å². The van der Waals surface area contributed by atoms with Gasteiger partial charge in [-0.25, -0.2) is 0 Å². The predicted octanol–water partition coefficient (Wildman–Crippen LogP) is 2.74. The molecule has 1 heterocycles. The van der Waals surface area contributed by atoms with Crippen LogP contribution in [0.3, 0.4) is 0 Å². The van der Waals surface area contributed by atoms with E-state index in [0.29, 0.717) is 0 Å². The summed E-state index contributed by atoms with van der Waals surface area (Å²) in [5.74, 6) is 0.0792. The second kappa shape index (κ2) is 5.28. The van der Waals surface area contributed by atoms with Crippen LogP contribution in [0, 0.1) is 5.92 Å². The second-order valence-electron chi connectivity index (χ2n) is 4.64. The molecule has 2 nitrogen and oxygen atoms in total. The maximum absolute atomic E-state index is 12.4. The molecule has 0 aliphatic carbocycles. The van der Waals surface area contributed by atoms with Crippen molar-refractivity contribution < 1.29 is 18.3 Å². The van der Waals surface area contributed by atoms with Crippen molar-refractivity contribution in [3.8, 4) is 0 Å². The van der Waals surface area contributed by atoms with Crippen LogP contribution in [-0.4, -0.2) is 18.3 Å². The van der Waals surface area contributed by atoms with E-state index >= 15 is 0 Å². The largest absolute Gasteiger partial charge is 0.416 e. The Labute approximate surface area is 104 Å². The lowest BCUT2D eigenvalue weighted by Crippen LogP contribution is -2.35. The van der Waals surface area contributed by atoms with Gasteiger partial charge in [0.1, 0.15) is 0 Å². The van der Waals surface area contributed by atoms with Gasteiger partial charge in [-0.15, -0.1) is 0 Å². The summed E-state index contributed by atoms with van der Waals surface area (Å²) in [4.78, 5) is 0. The van der Waals surface area contributed by atoms with Gasteiger partial charge in [-0.05, 0) is 37.1 Å². The highest BCUT2D eigenvalue weighted by Gasteiger charge is 2.31. The van der Waals surface area contributed by atoms with Gasteiger partial charge >= 0.3 is 6.18 Å². The van der Waals surface area contributed by atoms with Crippen molar-refractivity contribution in [2.75, 3.05) is 13.2 Å². The molecule has 1 aromatic carbocycles. The highest BCUT2D eigenvalue weighted by Crippen LogP contribution is 2.33. The lowest BCUT2D eigenvalue weighted by molar-refractivity contribution is -0.137. The van der Waals surface area contributed by atoms with Crippen LogP contribution in [0.1, 0.15) is 30.0 Å². The van der Waals surface area contributed by atoms with E-state index in [2.05, 4.69) is 5.32 Å². The van der Waals surface area contributed by atoms with Crippen LogP contribution in [0.5, 0.6) is 0 Å². The van der Waals surface area contributed by atoms with Crippen LogP contribution in [0.2, 0.25) is 0 Å². The number of aliphatic hydroxyl groups is 1. The topological polar surface area (TPSA) is 32.3 Å². The molecular weight excluding hydrogens is 243 g/mol. The first-order valence-electron chi connectivity index (χ1n) is 6.04. The summed E-state index contributed by atoms with van der Waals surface area (Å²) in [6, 6.07) is 5.13. The number of benzene rings is 1. The van der Waals surface area contributed by atoms with E-state index in [1.807, 2.05) is 0 Å². The van der Waals surface area contributed by atoms with Gasteiger partial charge in [-0.1, -0.05) is 12.1 Å². The summed E-state index contributed by atoms with van der Waals surface area (Å²) in [6.45, 7) is 0.890. The number of aliphatic hydroxyl groups excluding tert-OH is 1. The van der Waals surface area contributed by atoms with Crippen LogP contribution < -0.4 is 5.32 Å². The zero-order valence-electron chi connectivity index (χ0n) is 9.87. The summed E-state index contributed by atoms with van der Waals surface area (Å²) >= 11 is 0. The monoisotopic (exact) mass is 259 g/mol. The number of hydrogen-bond donors (Lipinski definition) is 2. The molecular formula is C13H16F3NO. The summed E-state index contributed by atoms with van der Waals surface area (Å²) in [5, 5.41) is 12.5. The Bertz CT molecular complexity index is 388. The standard InChI is InChI=1S/C13H16F3NO/c14-13(15,16)11-5-3-9(4-6-11)12-10(8-18)2-1-7-17-12/h3-6,10,12,17-18H,1-2,7-8H2. The van der Waals surface area contributed by atoms with Crippen molar-refractivity contribution >= 4 is 0 Å². The predicted molar refractivity (Wildman–Crippen MR) is 62.0 cm³/mol. The molecule has 1 fully saturated rings. The fourth-order valence-corrected chi connectivity index (χ4v) is 2.42. The molecule has 18 heavy (non-hydrogen) atoms. The number of hydrogen-bond acceptors (Lipinski definition) is 2. The average molecular weight is 259 g/mol. The van der Waals surface area contributed by atoms with Crippen molar-refractivity contribution in [1.82, 2.24) is 5.32 Å². The summed E-state index contributed by atoms with van der Waals surface area (Å²) in [7, 11) is 0. The maximum atomic E-state index is 12.4. The van der Waals surface area contributed by atoms with Crippen molar-refractivity contribution in [1.29, 1.82) is 0 Å². The van der Waals surface area contributed by atoms with E-state index < -0.39 is 11.7 Å². The minimum Gasteiger partial charge on any atom is -0.396 e. The molecule has 2 N–H and O–H groups in total. The summed E-state index contributed by atoms with van der Waals surface area (Å²) < 4.78 is 37.3. The van der Waals surface area contributed by atoms with Crippen LogP contribution in [0.25, 0.3) is 0 Å². The molecule has 1 aliphatic rings. The first kappa shape index (κ1) is 13.4. The van der Waals surface area contributed by atoms with Gasteiger partial charge in [0, 0.05) is 18.6 Å². The summed E-state index contributed by atoms with van der Waals surface area (Å²) in [6.07, 6.45) is -2.41. The summed E-state index contributed by atoms with van der Waals surface area (Å²) in [5.41, 5.74) is 0.171. The van der Waals surface area contributed by atoms with Gasteiger partial charge in [0.05, 0.1) is 5.56 Å². The minimum absolute atomic E-state index is 0.0500. The zero-order chi connectivity index (χ0) is 13.2. The van der Waals surface area contributed by atoms with E-state index in [1.54, 1.807) is 0 Å². The smallest absolute Gasteiger partial charge is 0.396 e. The Kier molecular flexibility index (Phi) is 3.92. The van der Waals surface area contributed by atoms with Gasteiger partial charge in [0.2, 0.25) is 0 Å². The molecule has 0 amide bonds. The Morgan fingerprint density at radius 1 is 1.22 bits per heavy atom. The van der Waals surface area contributed by atoms with E-state index in [-0.39, 0.29) is 18.6 Å². The molecule has 100 valence electrons. The van der Waals surface area contributed by atoms with Crippen molar-refractivity contribution in [3.05, 3.63) is 35.4 Å². The minimum atomic E-state index is -4.30. The SMILES string of the molecule is OCC1CCCNC1c1ccc(C(F)(F)F)cc1. The van der Waals surface area contributed by atoms with Gasteiger partial charge in [0.25, 0.3) is 0 Å². The third kappa shape index (κ3) is 2.84. The molecule has 5 heteroatoms. The highest BCUT2D eigenvalue weighted by atomic mass is 19.4. The molecule has 0 saturated carbocycles. The van der Waals surface area contributed by atoms with E-state index in [0.717, 1.165) is 37.1 Å². The Hall–Kier alpha value is -1.07. The molecule has 0 radical (unpaired) electrons. The van der Waals surface area contributed by atoms with Gasteiger partial charge in [-0.3, -0.25) is 0 Å². The lowest BCUT2D eigenvalue weighted by Gasteiger charge is -2.31. The van der Waals surface area contributed by atoms with E-state index in [9.17, 15) is 18.3 Å². The normalized spacial score (nSPS) is 25.1. The van der Waals surface area contributed by atoms with Crippen LogP contribution in [-0.2, 0) is 6.18 Å². The molecule has 0 spiro atoms. The van der Waals surface area contributed by atoms with E-state index in [4.69, 9.17) is 0 Å². The molecule has 1 saturated heterocycles. The first-order valence-corrected chi connectivity index (χ1v) is 6.04. The van der Waals surface area contributed by atoms with Crippen LogP contribution in [0.15, 0.2) is 24.3 Å². The van der Waals surface area contributed by atoms with Crippen molar-refractivity contribution in [3.63, 3.8) is 0 Å². The molecule has 2 unspecified atom stereocenters. The molecule has 1 aromatic rings. The van der Waals surface area contributed by atoms with Crippen LogP contribution in [0.4, 0.5) is 13.2 Å². The Morgan fingerprint density at radius 3 is 2.44 bits per heavy atom. The first-order chi connectivity index (χ1) is 8.52. The lowest BCUT2D eigenvalue weighted by atomic mass is 9.86. The number of alkyl halides is 3. The number of halogens is 3. The zero-order valence-corrected chi connectivity index (χ0v) is 9.87. The van der Waals surface area contributed by atoms with E-state index in [1.165, 1.54) is 12.1 Å². The quantitative estimate of drug-likeness (QED) is 0.856. The molecule has 2 rings (SSSR count). The van der Waals surface area contributed by atoms with Gasteiger partial charge < -0.3 is 10.4 Å². The molecule has 0 bridgehead atoms. The molecule has 0 aromatic heterocycles. The fourth-order valence-electron chi connectivity index (χ4n) is 2.42. The van der Waals surface area contributed by atoms with Gasteiger partial charge in [0.15, 0.2) is 0 Å². The van der Waals surface area contributed by atoms with Gasteiger partial charge in [-0.2, -0.15) is 13.2 Å². The third-order valence-electron chi connectivity index (χ3n) is 3.42. The molecule has 2 atom stereocenters. The maximum Gasteiger partial charge on any atom is 0.416 e. The molecule has 1 aliphatic heterocycles. The Morgan fingerprint density at radius 2 is 1.89 bits per heavy atom. The van der Waals surface area contributed by atoms with Crippen LogP contribution >= 0.6 is 0 Å². The third-order valence-corrected chi connectivity index (χ3v) is 3.42.